The van der Waals surface area contributed by atoms with E-state index >= 15 is 0 Å². The van der Waals surface area contributed by atoms with Crippen molar-refractivity contribution in [3.05, 3.63) is 29.8 Å². The Morgan fingerprint density at radius 1 is 0.781 bits per heavy atom. The lowest BCUT2D eigenvalue weighted by molar-refractivity contribution is -0.148. The number of fused-ring (bicyclic) bond motifs is 2. The number of carbonyl (C=O) groups excluding carboxylic acids is 7. The summed E-state index contributed by atoms with van der Waals surface area (Å²) in [5.74, 6) is -8.10. The van der Waals surface area contributed by atoms with Gasteiger partial charge in [-0.15, -0.1) is 0 Å². The Hall–Kier alpha value is -5.09. The minimum Gasteiger partial charge on any atom is -0.433 e. The Morgan fingerprint density at radius 2 is 1.34 bits per heavy atom. The number of hydrogen-bond acceptors (Lipinski definition) is 19. The van der Waals surface area contributed by atoms with Gasteiger partial charge in [-0.25, -0.2) is 4.79 Å². The molecular formula is C39H60N8O17. The number of nitrogens with one attached hydrogen (secondary N) is 4. The molecule has 4 rings (SSSR count). The molecule has 3 saturated heterocycles. The number of likely N-dealkylation sites (N-methyl/N-ethyl adjacent to an activating group) is 1. The molecule has 14 N–H and O–H groups in total. The summed E-state index contributed by atoms with van der Waals surface area (Å²) < 4.78 is 10.1. The van der Waals surface area contributed by atoms with Gasteiger partial charge < -0.3 is 92.0 Å². The van der Waals surface area contributed by atoms with E-state index < -0.39 is 152 Å². The van der Waals surface area contributed by atoms with Crippen LogP contribution in [0.25, 0.3) is 0 Å². The number of benzene rings is 1. The minimum atomic E-state index is -2.31. The fourth-order valence-corrected chi connectivity index (χ4v) is 7.42. The number of aliphatic hydroxyl groups excluding tert-OH is 8. The molecule has 6 amide bonds. The maximum Gasteiger partial charge on any atom is 0.513 e. The maximum atomic E-state index is 14.2. The quantitative estimate of drug-likeness (QED) is 0.0809. The van der Waals surface area contributed by atoms with Crippen LogP contribution >= 0.6 is 0 Å². The lowest BCUT2D eigenvalue weighted by Gasteiger charge is -2.34. The largest absolute Gasteiger partial charge is 0.513 e. The van der Waals surface area contributed by atoms with Crippen molar-refractivity contribution in [2.45, 2.75) is 119 Å². The van der Waals surface area contributed by atoms with Gasteiger partial charge in [-0.05, 0) is 45.6 Å². The molecule has 358 valence electrons. The monoisotopic (exact) mass is 912 g/mol. The number of amides is 6. The lowest BCUT2D eigenvalue weighted by atomic mass is 9.96. The van der Waals surface area contributed by atoms with Crippen molar-refractivity contribution >= 4 is 41.6 Å². The van der Waals surface area contributed by atoms with Gasteiger partial charge in [0.15, 0.2) is 6.23 Å². The van der Waals surface area contributed by atoms with E-state index in [0.717, 1.165) is 23.6 Å². The molecule has 0 unspecified atom stereocenters. The van der Waals surface area contributed by atoms with Crippen molar-refractivity contribution < 1.29 is 83.9 Å². The van der Waals surface area contributed by atoms with Crippen LogP contribution in [0.2, 0.25) is 0 Å². The first-order chi connectivity index (χ1) is 29.9. The molecule has 1 aromatic rings. The first kappa shape index (κ1) is 51.5. The third-order valence-electron chi connectivity index (χ3n) is 11.1. The number of rotatable bonds is 9. The number of aliphatic hydroxyl groups is 8. The van der Waals surface area contributed by atoms with Crippen LogP contribution in [0.4, 0.5) is 4.79 Å². The number of nitrogens with two attached hydrogens (primary N) is 1. The Morgan fingerprint density at radius 3 is 1.92 bits per heavy atom. The Balaban J connectivity index is 1.75. The van der Waals surface area contributed by atoms with Crippen molar-refractivity contribution in [2.75, 3.05) is 40.3 Å². The van der Waals surface area contributed by atoms with Crippen LogP contribution in [0.15, 0.2) is 24.3 Å². The van der Waals surface area contributed by atoms with E-state index in [1.807, 2.05) is 5.32 Å². The predicted octanol–water partition coefficient (Wildman–Crippen LogP) is -6.93. The predicted molar refractivity (Wildman–Crippen MR) is 217 cm³/mol. The van der Waals surface area contributed by atoms with Gasteiger partial charge in [0.25, 0.3) is 0 Å². The summed E-state index contributed by atoms with van der Waals surface area (Å²) in [5, 5.41) is 96.3. The summed E-state index contributed by atoms with van der Waals surface area (Å²) in [4.78, 5) is 98.6. The second-order valence-corrected chi connectivity index (χ2v) is 16.6. The van der Waals surface area contributed by atoms with Gasteiger partial charge in [-0.1, -0.05) is 19.1 Å². The van der Waals surface area contributed by atoms with Crippen LogP contribution in [0.1, 0.15) is 45.3 Å². The normalized spacial score (nSPS) is 32.2. The van der Waals surface area contributed by atoms with Gasteiger partial charge >= 0.3 is 6.16 Å². The summed E-state index contributed by atoms with van der Waals surface area (Å²) in [6.07, 6.45) is -17.1. The van der Waals surface area contributed by atoms with Crippen molar-refractivity contribution in [1.82, 2.24) is 36.0 Å². The summed E-state index contributed by atoms with van der Waals surface area (Å²) in [7, 11) is 3.53. The first-order valence-electron chi connectivity index (χ1n) is 20.5. The second-order valence-electron chi connectivity index (χ2n) is 16.6. The van der Waals surface area contributed by atoms with E-state index in [-0.39, 0.29) is 24.5 Å². The van der Waals surface area contributed by atoms with Crippen molar-refractivity contribution in [2.24, 2.45) is 11.7 Å². The minimum absolute atomic E-state index is 0.0216. The highest BCUT2D eigenvalue weighted by Gasteiger charge is 2.50. The van der Waals surface area contributed by atoms with Crippen LogP contribution in [0.5, 0.6) is 5.75 Å². The highest BCUT2D eigenvalue weighted by molar-refractivity contribution is 5.98. The summed E-state index contributed by atoms with van der Waals surface area (Å²) >= 11 is 0. The zero-order valence-electron chi connectivity index (χ0n) is 35.9. The zero-order valence-corrected chi connectivity index (χ0v) is 35.9. The Bertz CT molecular complexity index is 1840. The zero-order chi connectivity index (χ0) is 47.9. The lowest BCUT2D eigenvalue weighted by Crippen LogP contribution is -2.64. The maximum absolute atomic E-state index is 14.2. The topological polar surface area (TPSA) is 384 Å². The molecule has 1 aromatic carbocycles. The molecule has 3 aliphatic heterocycles. The van der Waals surface area contributed by atoms with E-state index in [4.69, 9.17) is 15.2 Å². The summed E-state index contributed by atoms with van der Waals surface area (Å²) in [5.41, 5.74) is 5.86. The molecule has 25 nitrogen and oxygen atoms in total. The van der Waals surface area contributed by atoms with Gasteiger partial charge in [0.2, 0.25) is 35.4 Å². The number of carbonyl (C=O) groups is 7. The molecule has 3 heterocycles. The molecule has 0 aromatic heterocycles. The third-order valence-corrected chi connectivity index (χ3v) is 11.1. The Kier molecular flexibility index (Phi) is 17.9. The van der Waals surface area contributed by atoms with Gasteiger partial charge in [0.05, 0.1) is 30.5 Å². The SMILES string of the molecule is C[C@@H]1CN2C(=O)[C@H]([C@@H](C)O)NC(=O)[C@H]([C@H](O)[C@@H](O)c3ccc(OC(=O)OCCN(C)C)cc3)NC(=O)[C@@H]3C[C@@H](O)CN3C(=O)[C@H]([C@@H](C)O)NC(=O)[C@@H](N)C[C@@H](O)[C@@H](O)NC(=O)[C@@H]2[C@@H]1O. The molecule has 0 aliphatic carbocycles. The smallest absolute Gasteiger partial charge is 0.433 e. The highest BCUT2D eigenvalue weighted by atomic mass is 16.7. The highest BCUT2D eigenvalue weighted by Crippen LogP contribution is 2.27. The first-order valence-corrected chi connectivity index (χ1v) is 20.5. The number of ether oxygens (including phenoxy) is 2. The van der Waals surface area contributed by atoms with Gasteiger partial charge in [0, 0.05) is 38.4 Å². The fraction of sp³-hybridized carbons (Fsp3) is 0.667. The molecule has 64 heavy (non-hydrogen) atoms. The van der Waals surface area contributed by atoms with Crippen LogP contribution in [0.3, 0.4) is 0 Å². The fourth-order valence-electron chi connectivity index (χ4n) is 7.42. The number of nitrogens with zero attached hydrogens (tertiary/aromatic N) is 3. The molecule has 3 fully saturated rings. The average molecular weight is 913 g/mol. The third kappa shape index (κ3) is 12.6. The molecule has 15 atom stereocenters. The average Bonchev–Trinajstić information content (AvgIpc) is 3.77. The molecule has 0 spiro atoms. The van der Waals surface area contributed by atoms with E-state index in [0.29, 0.717) is 6.54 Å². The van der Waals surface area contributed by atoms with Gasteiger partial charge in [0.1, 0.15) is 60.9 Å². The Labute approximate surface area is 367 Å². The van der Waals surface area contributed by atoms with E-state index in [1.165, 1.54) is 31.2 Å². The van der Waals surface area contributed by atoms with E-state index in [1.54, 1.807) is 19.0 Å². The standard InChI is InChI=1S/C39H60N8O17/c1-16-14-47-28(29(16)52)36(59)44-34(57)24(51)13-22(40)32(55)41-25(17(2)48)37(60)46-15-20(50)12-23(46)33(56)43-27(35(58)42-26(18(3)49)38(47)61)31(54)30(53)19-6-8-21(9-7-19)64-39(62)63-11-10-45(4)5/h6-9,16-18,20,22-31,34,48-54,57H,10-15,40H2,1-5H3,(H,41,55)(H,42,58)(H,43,56)(H,44,59)/t16-,17-,18-,20-,22+,23+,24-,25+,26+,27+,28+,29-,30+,31+,34-/m1/s1. The molecule has 0 bridgehead atoms. The van der Waals surface area contributed by atoms with E-state index in [9.17, 15) is 74.4 Å². The number of hydrogen-bond donors (Lipinski definition) is 13. The molecule has 0 saturated carbocycles. The van der Waals surface area contributed by atoms with Crippen LogP contribution in [0, 0.1) is 5.92 Å². The molecular weight excluding hydrogens is 852 g/mol. The summed E-state index contributed by atoms with van der Waals surface area (Å²) in [6.45, 7) is 3.22. The van der Waals surface area contributed by atoms with Crippen LogP contribution in [-0.2, 0) is 33.5 Å². The van der Waals surface area contributed by atoms with Gasteiger partial charge in [-0.2, -0.15) is 0 Å². The molecule has 25 heteroatoms. The van der Waals surface area contributed by atoms with E-state index in [2.05, 4.69) is 16.0 Å². The van der Waals surface area contributed by atoms with Gasteiger partial charge in [-0.3, -0.25) is 28.8 Å². The van der Waals surface area contributed by atoms with Crippen LogP contribution < -0.4 is 31.7 Å². The summed E-state index contributed by atoms with van der Waals surface area (Å²) in [6, 6.07) is -6.34. The van der Waals surface area contributed by atoms with Crippen molar-refractivity contribution in [3.8, 4) is 5.75 Å². The van der Waals surface area contributed by atoms with Crippen LogP contribution in [-0.4, -0.2) is 217 Å². The van der Waals surface area contributed by atoms with Crippen molar-refractivity contribution in [1.29, 1.82) is 0 Å². The molecule has 3 aliphatic rings. The van der Waals surface area contributed by atoms with Crippen molar-refractivity contribution in [3.63, 3.8) is 0 Å². The molecule has 0 radical (unpaired) electrons. The second kappa shape index (κ2) is 22.2.